The number of aryl methyl sites for hydroxylation is 1. The number of carbonyl (C=O) groups is 1. The molecule has 0 unspecified atom stereocenters. The molecule has 0 atom stereocenters. The zero-order valence-corrected chi connectivity index (χ0v) is 16.6. The normalized spacial score (nSPS) is 15.1. The molecule has 1 fully saturated rings. The average Bonchev–Trinajstić information content (AvgIpc) is 2.74. The smallest absolute Gasteiger partial charge is 0.254 e. The van der Waals surface area contributed by atoms with Crippen LogP contribution in [0.25, 0.3) is 22.2 Å². The Morgan fingerprint density at radius 1 is 1.11 bits per heavy atom. The van der Waals surface area contributed by atoms with Gasteiger partial charge in [0.1, 0.15) is 0 Å². The maximum absolute atomic E-state index is 13.4. The Bertz CT molecular complexity index is 973. The van der Waals surface area contributed by atoms with E-state index in [4.69, 9.17) is 4.98 Å². The van der Waals surface area contributed by atoms with E-state index < -0.39 is 0 Å². The molecule has 1 amide bonds. The standard InChI is InChI=1S/C24H27N3O/c1-17-7-9-19(10-8-17)23-15-21(20-5-3-4-6-22(20)26-23)24(28)27-13-11-18(12-14-27)16-25-2/h3-10,15,18,25H,11-14,16H2,1-2H3. The number of aromatic nitrogens is 1. The molecule has 4 rings (SSSR count). The van der Waals surface area contributed by atoms with Crippen LogP contribution in [-0.4, -0.2) is 42.5 Å². The minimum atomic E-state index is 0.120. The maximum atomic E-state index is 13.4. The van der Waals surface area contributed by atoms with Crippen molar-refractivity contribution in [2.45, 2.75) is 19.8 Å². The second-order valence-electron chi connectivity index (χ2n) is 7.73. The van der Waals surface area contributed by atoms with E-state index in [1.165, 1.54) is 5.56 Å². The summed E-state index contributed by atoms with van der Waals surface area (Å²) in [4.78, 5) is 20.2. The number of likely N-dealkylation sites (tertiary alicyclic amines) is 1. The van der Waals surface area contributed by atoms with Gasteiger partial charge in [-0.25, -0.2) is 4.98 Å². The molecule has 0 radical (unpaired) electrons. The number of hydrogen-bond acceptors (Lipinski definition) is 3. The summed E-state index contributed by atoms with van der Waals surface area (Å²) in [5.74, 6) is 0.779. The van der Waals surface area contributed by atoms with Crippen LogP contribution < -0.4 is 5.32 Å². The summed E-state index contributed by atoms with van der Waals surface area (Å²) in [6.45, 7) is 4.74. The molecular formula is C24H27N3O. The second-order valence-corrected chi connectivity index (χ2v) is 7.73. The number of hydrogen-bond donors (Lipinski definition) is 1. The highest BCUT2D eigenvalue weighted by atomic mass is 16.2. The van der Waals surface area contributed by atoms with Crippen molar-refractivity contribution in [3.8, 4) is 11.3 Å². The van der Waals surface area contributed by atoms with E-state index in [0.29, 0.717) is 5.92 Å². The van der Waals surface area contributed by atoms with Gasteiger partial charge in [0, 0.05) is 24.0 Å². The predicted molar refractivity (Wildman–Crippen MR) is 114 cm³/mol. The summed E-state index contributed by atoms with van der Waals surface area (Å²) in [5, 5.41) is 4.19. The molecule has 4 heteroatoms. The van der Waals surface area contributed by atoms with E-state index in [1.807, 2.05) is 42.3 Å². The number of pyridine rings is 1. The van der Waals surface area contributed by atoms with Crippen molar-refractivity contribution in [1.29, 1.82) is 0 Å². The van der Waals surface area contributed by atoms with Gasteiger partial charge in [0.2, 0.25) is 0 Å². The quantitative estimate of drug-likeness (QED) is 0.742. The molecule has 0 bridgehead atoms. The zero-order chi connectivity index (χ0) is 19.5. The first-order valence-electron chi connectivity index (χ1n) is 10.1. The first-order chi connectivity index (χ1) is 13.7. The fourth-order valence-electron chi connectivity index (χ4n) is 4.02. The highest BCUT2D eigenvalue weighted by Gasteiger charge is 2.25. The van der Waals surface area contributed by atoms with Gasteiger partial charge in [-0.15, -0.1) is 0 Å². The van der Waals surface area contributed by atoms with E-state index in [9.17, 15) is 4.79 Å². The molecule has 1 saturated heterocycles. The minimum Gasteiger partial charge on any atom is -0.339 e. The number of piperidine rings is 1. The Hall–Kier alpha value is -2.72. The van der Waals surface area contributed by atoms with Gasteiger partial charge in [-0.2, -0.15) is 0 Å². The summed E-state index contributed by atoms with van der Waals surface area (Å²) in [7, 11) is 1.99. The molecular weight excluding hydrogens is 346 g/mol. The minimum absolute atomic E-state index is 0.120. The van der Waals surface area contributed by atoms with E-state index in [0.717, 1.165) is 60.2 Å². The zero-order valence-electron chi connectivity index (χ0n) is 16.6. The number of fused-ring (bicyclic) bond motifs is 1. The Labute approximate surface area is 166 Å². The first-order valence-corrected chi connectivity index (χ1v) is 10.1. The lowest BCUT2D eigenvalue weighted by molar-refractivity contribution is 0.0693. The van der Waals surface area contributed by atoms with Gasteiger partial charge >= 0.3 is 0 Å². The summed E-state index contributed by atoms with van der Waals surface area (Å²) < 4.78 is 0. The Morgan fingerprint density at radius 2 is 1.82 bits per heavy atom. The number of nitrogens with one attached hydrogen (secondary N) is 1. The van der Waals surface area contributed by atoms with Crippen LogP contribution in [0.3, 0.4) is 0 Å². The lowest BCUT2D eigenvalue weighted by Crippen LogP contribution is -2.40. The Morgan fingerprint density at radius 3 is 2.54 bits per heavy atom. The van der Waals surface area contributed by atoms with Gasteiger partial charge in [0.05, 0.1) is 16.8 Å². The van der Waals surface area contributed by atoms with E-state index in [-0.39, 0.29) is 5.91 Å². The number of benzene rings is 2. The molecule has 4 nitrogen and oxygen atoms in total. The third kappa shape index (κ3) is 3.78. The molecule has 0 aliphatic carbocycles. The molecule has 0 saturated carbocycles. The Balaban J connectivity index is 1.69. The second kappa shape index (κ2) is 8.11. The van der Waals surface area contributed by atoms with Crippen LogP contribution in [0.4, 0.5) is 0 Å². The van der Waals surface area contributed by atoms with Crippen LogP contribution in [-0.2, 0) is 0 Å². The van der Waals surface area contributed by atoms with Crippen LogP contribution in [0.2, 0.25) is 0 Å². The van der Waals surface area contributed by atoms with Crippen molar-refractivity contribution in [1.82, 2.24) is 15.2 Å². The van der Waals surface area contributed by atoms with Gasteiger partial charge in [0.25, 0.3) is 5.91 Å². The SMILES string of the molecule is CNCC1CCN(C(=O)c2cc(-c3ccc(C)cc3)nc3ccccc23)CC1. The highest BCUT2D eigenvalue weighted by Crippen LogP contribution is 2.27. The molecule has 1 aliphatic heterocycles. The largest absolute Gasteiger partial charge is 0.339 e. The lowest BCUT2D eigenvalue weighted by Gasteiger charge is -2.32. The average molecular weight is 374 g/mol. The summed E-state index contributed by atoms with van der Waals surface area (Å²) >= 11 is 0. The van der Waals surface area contributed by atoms with Crippen molar-refractivity contribution in [2.24, 2.45) is 5.92 Å². The van der Waals surface area contributed by atoms with Crippen molar-refractivity contribution < 1.29 is 4.79 Å². The van der Waals surface area contributed by atoms with Gasteiger partial charge < -0.3 is 10.2 Å². The van der Waals surface area contributed by atoms with Crippen molar-refractivity contribution >= 4 is 16.8 Å². The predicted octanol–water partition coefficient (Wildman–Crippen LogP) is 4.28. The van der Waals surface area contributed by atoms with Crippen LogP contribution in [0.1, 0.15) is 28.8 Å². The number of carbonyl (C=O) groups excluding carboxylic acids is 1. The number of rotatable bonds is 4. The Kier molecular flexibility index (Phi) is 5.40. The fourth-order valence-corrected chi connectivity index (χ4v) is 4.02. The maximum Gasteiger partial charge on any atom is 0.254 e. The molecule has 1 N–H and O–H groups in total. The molecule has 2 heterocycles. The monoisotopic (exact) mass is 373 g/mol. The third-order valence-electron chi connectivity index (χ3n) is 5.69. The van der Waals surface area contributed by atoms with Crippen LogP contribution in [0, 0.1) is 12.8 Å². The van der Waals surface area contributed by atoms with Gasteiger partial charge in [-0.3, -0.25) is 4.79 Å². The van der Waals surface area contributed by atoms with Crippen LogP contribution in [0.15, 0.2) is 54.6 Å². The molecule has 3 aromatic rings. The topological polar surface area (TPSA) is 45.2 Å². The van der Waals surface area contributed by atoms with Gasteiger partial charge in [0.15, 0.2) is 0 Å². The summed E-state index contributed by atoms with van der Waals surface area (Å²) in [5.41, 5.74) is 4.73. The van der Waals surface area contributed by atoms with Crippen molar-refractivity contribution in [3.63, 3.8) is 0 Å². The summed E-state index contributed by atoms with van der Waals surface area (Å²) in [6.07, 6.45) is 2.11. The molecule has 2 aromatic carbocycles. The van der Waals surface area contributed by atoms with E-state index in [2.05, 4.69) is 36.5 Å². The third-order valence-corrected chi connectivity index (χ3v) is 5.69. The lowest BCUT2D eigenvalue weighted by atomic mass is 9.95. The number of amides is 1. The first kappa shape index (κ1) is 18.6. The van der Waals surface area contributed by atoms with Crippen molar-refractivity contribution in [3.05, 3.63) is 65.7 Å². The van der Waals surface area contributed by atoms with Gasteiger partial charge in [-0.1, -0.05) is 48.0 Å². The van der Waals surface area contributed by atoms with Crippen LogP contribution in [0.5, 0.6) is 0 Å². The van der Waals surface area contributed by atoms with E-state index >= 15 is 0 Å². The fraction of sp³-hybridized carbons (Fsp3) is 0.333. The number of nitrogens with zero attached hydrogens (tertiary/aromatic N) is 2. The molecule has 1 aliphatic rings. The van der Waals surface area contributed by atoms with Crippen LogP contribution >= 0.6 is 0 Å². The molecule has 0 spiro atoms. The molecule has 1 aromatic heterocycles. The highest BCUT2D eigenvalue weighted by molar-refractivity contribution is 6.07. The van der Waals surface area contributed by atoms with Gasteiger partial charge in [-0.05, 0) is 51.4 Å². The molecule has 144 valence electrons. The van der Waals surface area contributed by atoms with Crippen molar-refractivity contribution in [2.75, 3.05) is 26.7 Å². The number of para-hydroxylation sites is 1. The summed E-state index contributed by atoms with van der Waals surface area (Å²) in [6, 6.07) is 18.2. The van der Waals surface area contributed by atoms with E-state index in [1.54, 1.807) is 0 Å². The molecule has 28 heavy (non-hydrogen) atoms.